The average molecular weight is 385 g/mol. The van der Waals surface area contributed by atoms with Crippen LogP contribution in [0.3, 0.4) is 0 Å². The maximum Gasteiger partial charge on any atom is 0.223 e. The van der Waals surface area contributed by atoms with Crippen LogP contribution in [0.4, 0.5) is 0 Å². The number of halogens is 1. The fourth-order valence-corrected chi connectivity index (χ4v) is 2.50. The Bertz CT molecular complexity index is 761. The summed E-state index contributed by atoms with van der Waals surface area (Å²) < 4.78 is 0.914. The molecule has 0 saturated heterocycles. The number of nitrogens with zero attached hydrogens (tertiary/aromatic N) is 2. The third-order valence-electron chi connectivity index (χ3n) is 3.66. The van der Waals surface area contributed by atoms with E-state index in [9.17, 15) is 9.59 Å². The molecular weight excluding hydrogens is 368 g/mol. The zero-order valence-electron chi connectivity index (χ0n) is 13.3. The van der Waals surface area contributed by atoms with Crippen LogP contribution in [0, 0.1) is 11.3 Å². The standard InChI is InChI=1S/C19H17BrN2O2/c1-22(13-15-4-2-14(12-21)3-5-15)19(24)11-10-18(23)16-6-8-17(20)9-7-16/h2-9H,10-11,13H2,1H3. The van der Waals surface area contributed by atoms with Crippen LogP contribution in [-0.4, -0.2) is 23.6 Å². The Morgan fingerprint density at radius 3 is 2.25 bits per heavy atom. The van der Waals surface area contributed by atoms with Crippen molar-refractivity contribution in [2.45, 2.75) is 19.4 Å². The lowest BCUT2D eigenvalue weighted by molar-refractivity contribution is -0.130. The predicted molar refractivity (Wildman–Crippen MR) is 95.3 cm³/mol. The van der Waals surface area contributed by atoms with Crippen LogP contribution in [0.2, 0.25) is 0 Å². The molecule has 0 N–H and O–H groups in total. The maximum atomic E-state index is 12.2. The van der Waals surface area contributed by atoms with Gasteiger partial charge in [-0.25, -0.2) is 0 Å². The van der Waals surface area contributed by atoms with Gasteiger partial charge in [0, 0.05) is 36.5 Å². The summed E-state index contributed by atoms with van der Waals surface area (Å²) in [7, 11) is 1.71. The quantitative estimate of drug-likeness (QED) is 0.708. The highest BCUT2D eigenvalue weighted by Gasteiger charge is 2.13. The maximum absolute atomic E-state index is 12.2. The first kappa shape index (κ1) is 17.9. The minimum Gasteiger partial charge on any atom is -0.341 e. The highest BCUT2D eigenvalue weighted by Crippen LogP contribution is 2.13. The molecule has 5 heteroatoms. The summed E-state index contributed by atoms with van der Waals surface area (Å²) in [6.07, 6.45) is 0.375. The van der Waals surface area contributed by atoms with Gasteiger partial charge in [-0.2, -0.15) is 5.26 Å². The van der Waals surface area contributed by atoms with Crippen LogP contribution < -0.4 is 0 Å². The highest BCUT2D eigenvalue weighted by molar-refractivity contribution is 9.10. The Balaban J connectivity index is 1.85. The molecule has 0 heterocycles. The molecule has 1 amide bonds. The summed E-state index contributed by atoms with van der Waals surface area (Å²) in [6, 6.07) is 16.3. The topological polar surface area (TPSA) is 61.2 Å². The van der Waals surface area contributed by atoms with E-state index in [0.29, 0.717) is 17.7 Å². The molecule has 0 spiro atoms. The molecule has 0 atom stereocenters. The summed E-state index contributed by atoms with van der Waals surface area (Å²) in [5.41, 5.74) is 2.15. The predicted octanol–water partition coefficient (Wildman–Crippen LogP) is 3.94. The number of rotatable bonds is 6. The lowest BCUT2D eigenvalue weighted by atomic mass is 10.1. The Morgan fingerprint density at radius 2 is 1.67 bits per heavy atom. The summed E-state index contributed by atoms with van der Waals surface area (Å²) in [5, 5.41) is 8.78. The molecule has 0 fully saturated rings. The van der Waals surface area contributed by atoms with Crippen molar-refractivity contribution in [3.8, 4) is 6.07 Å². The first-order valence-corrected chi connectivity index (χ1v) is 8.30. The van der Waals surface area contributed by atoms with E-state index in [4.69, 9.17) is 5.26 Å². The van der Waals surface area contributed by atoms with Gasteiger partial charge in [0.25, 0.3) is 0 Å². The number of nitriles is 1. The molecule has 0 radical (unpaired) electrons. The smallest absolute Gasteiger partial charge is 0.223 e. The second kappa shape index (κ2) is 8.42. The molecule has 0 aliphatic rings. The van der Waals surface area contributed by atoms with Crippen LogP contribution >= 0.6 is 15.9 Å². The van der Waals surface area contributed by atoms with Gasteiger partial charge in [0.1, 0.15) is 0 Å². The van der Waals surface area contributed by atoms with Gasteiger partial charge in [0.15, 0.2) is 5.78 Å². The molecule has 0 bridgehead atoms. The van der Waals surface area contributed by atoms with E-state index in [1.165, 1.54) is 0 Å². The highest BCUT2D eigenvalue weighted by atomic mass is 79.9. The number of Topliss-reactive ketones (excluding diaryl/α,β-unsaturated/α-hetero) is 1. The van der Waals surface area contributed by atoms with Crippen molar-refractivity contribution in [1.29, 1.82) is 5.26 Å². The SMILES string of the molecule is CN(Cc1ccc(C#N)cc1)C(=O)CCC(=O)c1ccc(Br)cc1. The fraction of sp³-hybridized carbons (Fsp3) is 0.211. The molecule has 2 rings (SSSR count). The van der Waals surface area contributed by atoms with E-state index in [-0.39, 0.29) is 24.5 Å². The zero-order valence-corrected chi connectivity index (χ0v) is 14.9. The molecular formula is C19H17BrN2O2. The molecule has 0 unspecified atom stereocenters. The second-order valence-corrected chi connectivity index (χ2v) is 6.40. The van der Waals surface area contributed by atoms with Crippen molar-refractivity contribution < 1.29 is 9.59 Å². The fourth-order valence-electron chi connectivity index (χ4n) is 2.24. The molecule has 0 aliphatic carbocycles. The van der Waals surface area contributed by atoms with Gasteiger partial charge in [-0.05, 0) is 29.8 Å². The Kier molecular flexibility index (Phi) is 6.28. The van der Waals surface area contributed by atoms with Crippen molar-refractivity contribution >= 4 is 27.6 Å². The Labute approximate surface area is 149 Å². The van der Waals surface area contributed by atoms with Crippen LogP contribution in [0.15, 0.2) is 53.0 Å². The van der Waals surface area contributed by atoms with Crippen molar-refractivity contribution in [3.05, 3.63) is 69.7 Å². The van der Waals surface area contributed by atoms with E-state index in [1.54, 1.807) is 36.2 Å². The third-order valence-corrected chi connectivity index (χ3v) is 4.19. The van der Waals surface area contributed by atoms with E-state index in [1.807, 2.05) is 24.3 Å². The molecule has 122 valence electrons. The van der Waals surface area contributed by atoms with Crippen LogP contribution in [0.1, 0.15) is 34.3 Å². The number of hydrogen-bond acceptors (Lipinski definition) is 3. The van der Waals surface area contributed by atoms with E-state index < -0.39 is 0 Å². The first-order valence-electron chi connectivity index (χ1n) is 7.51. The van der Waals surface area contributed by atoms with E-state index in [2.05, 4.69) is 22.0 Å². The third kappa shape index (κ3) is 5.04. The second-order valence-electron chi connectivity index (χ2n) is 5.49. The first-order chi connectivity index (χ1) is 11.5. The van der Waals surface area contributed by atoms with Crippen LogP contribution in [0.5, 0.6) is 0 Å². The van der Waals surface area contributed by atoms with Gasteiger partial charge in [0.05, 0.1) is 11.6 Å². The average Bonchev–Trinajstić information content (AvgIpc) is 2.60. The summed E-state index contributed by atoms with van der Waals surface area (Å²) in [5.74, 6) is -0.118. The van der Waals surface area contributed by atoms with Gasteiger partial charge in [-0.15, -0.1) is 0 Å². The van der Waals surface area contributed by atoms with Crippen molar-refractivity contribution in [2.24, 2.45) is 0 Å². The van der Waals surface area contributed by atoms with Gasteiger partial charge in [-0.1, -0.05) is 40.2 Å². The monoisotopic (exact) mass is 384 g/mol. The summed E-state index contributed by atoms with van der Waals surface area (Å²) in [6.45, 7) is 0.455. The van der Waals surface area contributed by atoms with Crippen LogP contribution in [0.25, 0.3) is 0 Å². The Hall–Kier alpha value is -2.45. The Morgan fingerprint density at radius 1 is 1.04 bits per heavy atom. The minimum absolute atomic E-state index is 0.0392. The van der Waals surface area contributed by atoms with Crippen molar-refractivity contribution in [1.82, 2.24) is 4.90 Å². The molecule has 0 aromatic heterocycles. The molecule has 0 aliphatic heterocycles. The number of carbonyl (C=O) groups is 2. The van der Waals surface area contributed by atoms with E-state index >= 15 is 0 Å². The van der Waals surface area contributed by atoms with Gasteiger partial charge < -0.3 is 4.90 Å². The molecule has 0 saturated carbocycles. The van der Waals surface area contributed by atoms with Crippen molar-refractivity contribution in [2.75, 3.05) is 7.05 Å². The molecule has 24 heavy (non-hydrogen) atoms. The number of hydrogen-bond donors (Lipinski definition) is 0. The summed E-state index contributed by atoms with van der Waals surface area (Å²) in [4.78, 5) is 25.9. The van der Waals surface area contributed by atoms with Gasteiger partial charge in [0.2, 0.25) is 5.91 Å². The van der Waals surface area contributed by atoms with E-state index in [0.717, 1.165) is 10.0 Å². The van der Waals surface area contributed by atoms with Gasteiger partial charge in [-0.3, -0.25) is 9.59 Å². The molecule has 4 nitrogen and oxygen atoms in total. The lowest BCUT2D eigenvalue weighted by Gasteiger charge is -2.17. The minimum atomic E-state index is -0.0789. The summed E-state index contributed by atoms with van der Waals surface area (Å²) >= 11 is 3.33. The largest absolute Gasteiger partial charge is 0.341 e. The van der Waals surface area contributed by atoms with Crippen molar-refractivity contribution in [3.63, 3.8) is 0 Å². The molecule has 2 aromatic carbocycles. The lowest BCUT2D eigenvalue weighted by Crippen LogP contribution is -2.26. The molecule has 2 aromatic rings. The number of benzene rings is 2. The zero-order chi connectivity index (χ0) is 17.5. The van der Waals surface area contributed by atoms with Crippen LogP contribution in [-0.2, 0) is 11.3 Å². The normalized spacial score (nSPS) is 10.0. The number of ketones is 1. The van der Waals surface area contributed by atoms with Gasteiger partial charge >= 0.3 is 0 Å². The number of amides is 1. The number of carbonyl (C=O) groups excluding carboxylic acids is 2.